The van der Waals surface area contributed by atoms with Gasteiger partial charge in [-0.15, -0.1) is 0 Å². The van der Waals surface area contributed by atoms with Gasteiger partial charge in [0.1, 0.15) is 10.4 Å². The molecule has 4 nitrogen and oxygen atoms in total. The number of benzene rings is 1. The lowest BCUT2D eigenvalue weighted by Crippen LogP contribution is -2.23. The molecule has 94 valence electrons. The molecule has 1 amide bonds. The molecule has 1 aromatic heterocycles. The maximum Gasteiger partial charge on any atom is 0.273 e. The van der Waals surface area contributed by atoms with E-state index in [-0.39, 0.29) is 17.4 Å². The second kappa shape index (κ2) is 5.62. The predicted octanol–water partition coefficient (Wildman–Crippen LogP) is 3.00. The highest BCUT2D eigenvalue weighted by molar-refractivity contribution is 9.13. The number of aromatic amines is 1. The van der Waals surface area contributed by atoms with Gasteiger partial charge in [-0.3, -0.25) is 9.89 Å². The number of halogens is 3. The first-order chi connectivity index (χ1) is 8.58. The van der Waals surface area contributed by atoms with E-state index in [2.05, 4.69) is 47.4 Å². The van der Waals surface area contributed by atoms with Crippen LogP contribution in [0.2, 0.25) is 0 Å². The van der Waals surface area contributed by atoms with Crippen LogP contribution in [0.3, 0.4) is 0 Å². The third kappa shape index (κ3) is 2.97. The van der Waals surface area contributed by atoms with Crippen molar-refractivity contribution in [2.75, 3.05) is 0 Å². The van der Waals surface area contributed by atoms with Gasteiger partial charge in [-0.05, 0) is 49.6 Å². The lowest BCUT2D eigenvalue weighted by molar-refractivity contribution is 0.0945. The van der Waals surface area contributed by atoms with E-state index in [1.165, 1.54) is 12.1 Å². The lowest BCUT2D eigenvalue weighted by atomic mass is 10.2. The zero-order chi connectivity index (χ0) is 13.1. The van der Waals surface area contributed by atoms with Crippen LogP contribution in [0, 0.1) is 5.82 Å². The minimum atomic E-state index is -0.312. The molecular formula is C11H8Br2FN3O. The van der Waals surface area contributed by atoms with Gasteiger partial charge in [0.2, 0.25) is 0 Å². The SMILES string of the molecule is O=C(NCc1ccc(F)cc1)c1n[nH]c(Br)c1Br. The number of carbonyl (C=O) groups is 1. The largest absolute Gasteiger partial charge is 0.347 e. The first kappa shape index (κ1) is 13.2. The molecule has 0 saturated heterocycles. The lowest BCUT2D eigenvalue weighted by Gasteiger charge is -2.03. The summed E-state index contributed by atoms with van der Waals surface area (Å²) in [6.45, 7) is 0.316. The van der Waals surface area contributed by atoms with E-state index in [9.17, 15) is 9.18 Å². The van der Waals surface area contributed by atoms with Crippen molar-refractivity contribution in [3.63, 3.8) is 0 Å². The topological polar surface area (TPSA) is 57.8 Å². The van der Waals surface area contributed by atoms with Crippen LogP contribution in [0.1, 0.15) is 16.1 Å². The molecular weight excluding hydrogens is 369 g/mol. The van der Waals surface area contributed by atoms with Crippen LogP contribution in [-0.2, 0) is 6.54 Å². The normalized spacial score (nSPS) is 10.4. The van der Waals surface area contributed by atoms with E-state index in [4.69, 9.17) is 0 Å². The Morgan fingerprint density at radius 3 is 2.56 bits per heavy atom. The predicted molar refractivity (Wildman–Crippen MR) is 71.6 cm³/mol. The number of amides is 1. The van der Waals surface area contributed by atoms with Crippen molar-refractivity contribution >= 4 is 37.8 Å². The Hall–Kier alpha value is -1.21. The van der Waals surface area contributed by atoms with Gasteiger partial charge in [0.05, 0.1) is 4.47 Å². The molecule has 1 aromatic carbocycles. The third-order valence-corrected chi connectivity index (χ3v) is 4.13. The Balaban J connectivity index is 2.00. The summed E-state index contributed by atoms with van der Waals surface area (Å²) < 4.78 is 13.9. The zero-order valence-corrected chi connectivity index (χ0v) is 12.2. The highest BCUT2D eigenvalue weighted by Gasteiger charge is 2.15. The first-order valence-corrected chi connectivity index (χ1v) is 6.58. The smallest absolute Gasteiger partial charge is 0.273 e. The Kier molecular flexibility index (Phi) is 4.13. The number of nitrogens with one attached hydrogen (secondary N) is 2. The van der Waals surface area contributed by atoms with Gasteiger partial charge in [-0.1, -0.05) is 12.1 Å². The monoisotopic (exact) mass is 375 g/mol. The molecule has 0 aliphatic rings. The number of aromatic nitrogens is 2. The number of hydrogen-bond donors (Lipinski definition) is 2. The summed E-state index contributed by atoms with van der Waals surface area (Å²) in [7, 11) is 0. The molecule has 0 saturated carbocycles. The van der Waals surface area contributed by atoms with E-state index < -0.39 is 0 Å². The van der Waals surface area contributed by atoms with Crippen LogP contribution in [-0.4, -0.2) is 16.1 Å². The summed E-state index contributed by atoms with van der Waals surface area (Å²) in [5.74, 6) is -0.614. The first-order valence-electron chi connectivity index (χ1n) is 5.00. The van der Waals surface area contributed by atoms with Crippen molar-refractivity contribution < 1.29 is 9.18 Å². The molecule has 0 bridgehead atoms. The molecule has 2 rings (SSSR count). The number of hydrogen-bond acceptors (Lipinski definition) is 2. The molecule has 2 N–H and O–H groups in total. The second-order valence-corrected chi connectivity index (χ2v) is 5.10. The average Bonchev–Trinajstić information content (AvgIpc) is 2.69. The van der Waals surface area contributed by atoms with Crippen LogP contribution >= 0.6 is 31.9 Å². The molecule has 1 heterocycles. The summed E-state index contributed by atoms with van der Waals surface area (Å²) in [6.07, 6.45) is 0. The molecule has 0 spiro atoms. The van der Waals surface area contributed by atoms with Crippen molar-refractivity contribution in [3.8, 4) is 0 Å². The fraction of sp³-hybridized carbons (Fsp3) is 0.0909. The molecule has 18 heavy (non-hydrogen) atoms. The minimum absolute atomic E-state index is 0.268. The fourth-order valence-corrected chi connectivity index (χ4v) is 1.96. The molecule has 0 unspecified atom stereocenters. The van der Waals surface area contributed by atoms with Gasteiger partial charge in [0, 0.05) is 6.54 Å². The summed E-state index contributed by atoms with van der Waals surface area (Å²) in [5.41, 5.74) is 1.08. The van der Waals surface area contributed by atoms with Crippen molar-refractivity contribution in [1.29, 1.82) is 0 Å². The number of rotatable bonds is 3. The van der Waals surface area contributed by atoms with Gasteiger partial charge in [-0.2, -0.15) is 5.10 Å². The van der Waals surface area contributed by atoms with Crippen molar-refractivity contribution in [1.82, 2.24) is 15.5 Å². The Morgan fingerprint density at radius 2 is 2.00 bits per heavy atom. The highest BCUT2D eigenvalue weighted by atomic mass is 79.9. The van der Waals surface area contributed by atoms with Gasteiger partial charge in [0.15, 0.2) is 5.69 Å². The standard InChI is InChI=1S/C11H8Br2FN3O/c12-8-9(16-17-10(8)13)11(18)15-5-6-1-3-7(14)4-2-6/h1-4H,5H2,(H,15,18)(H,16,17). The fourth-order valence-electron chi connectivity index (χ4n) is 1.33. The van der Waals surface area contributed by atoms with Gasteiger partial charge >= 0.3 is 0 Å². The molecule has 0 radical (unpaired) electrons. The van der Waals surface area contributed by atoms with Gasteiger partial charge < -0.3 is 5.32 Å². The van der Waals surface area contributed by atoms with Crippen LogP contribution in [0.15, 0.2) is 33.3 Å². The molecule has 0 fully saturated rings. The summed E-state index contributed by atoms with van der Waals surface area (Å²) in [5, 5.41) is 9.18. The number of carbonyl (C=O) groups excluding carboxylic acids is 1. The van der Waals surface area contributed by atoms with Crippen molar-refractivity contribution in [2.24, 2.45) is 0 Å². The molecule has 7 heteroatoms. The summed E-state index contributed by atoms with van der Waals surface area (Å²) in [4.78, 5) is 11.8. The van der Waals surface area contributed by atoms with Crippen molar-refractivity contribution in [3.05, 3.63) is 50.4 Å². The minimum Gasteiger partial charge on any atom is -0.347 e. The van der Waals surface area contributed by atoms with E-state index in [0.29, 0.717) is 15.6 Å². The van der Waals surface area contributed by atoms with Crippen LogP contribution < -0.4 is 5.32 Å². The quantitative estimate of drug-likeness (QED) is 0.865. The second-order valence-electron chi connectivity index (χ2n) is 3.51. The van der Waals surface area contributed by atoms with Crippen molar-refractivity contribution in [2.45, 2.75) is 6.54 Å². The molecule has 0 atom stereocenters. The maximum atomic E-state index is 12.7. The van der Waals surface area contributed by atoms with E-state index in [0.717, 1.165) is 5.56 Å². The van der Waals surface area contributed by atoms with Gasteiger partial charge in [-0.25, -0.2) is 4.39 Å². The Labute approximate surface area is 119 Å². The Morgan fingerprint density at radius 1 is 1.33 bits per heavy atom. The molecule has 0 aliphatic carbocycles. The van der Waals surface area contributed by atoms with Crippen LogP contribution in [0.4, 0.5) is 4.39 Å². The summed E-state index contributed by atoms with van der Waals surface area (Å²) >= 11 is 6.44. The molecule has 0 aliphatic heterocycles. The maximum absolute atomic E-state index is 12.7. The summed E-state index contributed by atoms with van der Waals surface area (Å²) in [6, 6.07) is 5.93. The van der Waals surface area contributed by atoms with Gasteiger partial charge in [0.25, 0.3) is 5.91 Å². The van der Waals surface area contributed by atoms with E-state index in [1.54, 1.807) is 12.1 Å². The van der Waals surface area contributed by atoms with Crippen LogP contribution in [0.25, 0.3) is 0 Å². The van der Waals surface area contributed by atoms with E-state index >= 15 is 0 Å². The Bertz CT molecular complexity index is 568. The number of nitrogens with zero attached hydrogens (tertiary/aromatic N) is 1. The highest BCUT2D eigenvalue weighted by Crippen LogP contribution is 2.23. The average molecular weight is 377 g/mol. The zero-order valence-electron chi connectivity index (χ0n) is 9.01. The molecule has 2 aromatic rings. The van der Waals surface area contributed by atoms with E-state index in [1.807, 2.05) is 0 Å². The number of H-pyrrole nitrogens is 1. The third-order valence-electron chi connectivity index (χ3n) is 2.25. The van der Waals surface area contributed by atoms with Crippen LogP contribution in [0.5, 0.6) is 0 Å².